The lowest BCUT2D eigenvalue weighted by atomic mass is 10.1. The number of hydrogen-bond donors (Lipinski definition) is 1. The van der Waals surface area contributed by atoms with Gasteiger partial charge in [0.1, 0.15) is 7.05 Å². The van der Waals surface area contributed by atoms with Crippen LogP contribution in [-0.2, 0) is 24.1 Å². The summed E-state index contributed by atoms with van der Waals surface area (Å²) in [6, 6.07) is 0. The van der Waals surface area contributed by atoms with E-state index in [0.717, 1.165) is 19.3 Å². The first kappa shape index (κ1) is 25.7. The molecule has 0 amide bonds. The fourth-order valence-electron chi connectivity index (χ4n) is 2.43. The minimum Gasteiger partial charge on any atom is -0.462 e. The van der Waals surface area contributed by atoms with Gasteiger partial charge in [-0.15, -0.1) is 0 Å². The monoisotopic (exact) mass is 408 g/mol. The first-order valence-corrected chi connectivity index (χ1v) is 10.9. The van der Waals surface area contributed by atoms with Crippen LogP contribution in [0.15, 0.2) is 12.4 Å². The largest absolute Gasteiger partial charge is 0.462 e. The van der Waals surface area contributed by atoms with Crippen LogP contribution in [0.25, 0.3) is 0 Å². The molecule has 1 aliphatic rings. The summed E-state index contributed by atoms with van der Waals surface area (Å²) in [4.78, 5) is 11.4. The molecule has 1 unspecified atom stereocenters. The second-order valence-corrected chi connectivity index (χ2v) is 7.91. The highest BCUT2D eigenvalue weighted by Crippen LogP contribution is 2.06. The number of quaternary nitrogens is 1. The first-order valence-electron chi connectivity index (χ1n) is 9.51. The van der Waals surface area contributed by atoms with Crippen LogP contribution < -0.4 is 0 Å². The second-order valence-electron chi connectivity index (χ2n) is 6.82. The van der Waals surface area contributed by atoms with E-state index >= 15 is 0 Å². The van der Waals surface area contributed by atoms with E-state index in [1.807, 2.05) is 44.3 Å². The normalized spacial score (nSPS) is 18.6. The lowest BCUT2D eigenvalue weighted by molar-refractivity contribution is -0.759. The van der Waals surface area contributed by atoms with Crippen molar-refractivity contribution in [3.05, 3.63) is 12.4 Å². The van der Waals surface area contributed by atoms with Crippen LogP contribution in [0.1, 0.15) is 58.8 Å². The van der Waals surface area contributed by atoms with Gasteiger partial charge in [-0.05, 0) is 12.8 Å². The summed E-state index contributed by atoms with van der Waals surface area (Å²) in [5, 5.41) is 0. The molecule has 1 heterocycles. The zero-order chi connectivity index (χ0) is 20.8. The maximum atomic E-state index is 11.4. The van der Waals surface area contributed by atoms with Crippen LogP contribution in [0.3, 0.4) is 0 Å². The van der Waals surface area contributed by atoms with Gasteiger partial charge in [-0.2, -0.15) is 13.0 Å². The minimum absolute atomic E-state index is 0.0883. The molecular weight excluding hydrogens is 372 g/mol. The maximum Gasteiger partial charge on any atom is 0.397 e. The highest BCUT2D eigenvalue weighted by Gasteiger charge is 2.30. The Kier molecular flexibility index (Phi) is 13.2. The Morgan fingerprint density at radius 3 is 2.22 bits per heavy atom. The molecule has 158 valence electrons. The smallest absolute Gasteiger partial charge is 0.397 e. The van der Waals surface area contributed by atoms with Crippen LogP contribution in [0.5, 0.6) is 0 Å². The Balaban J connectivity index is 0.000000503. The van der Waals surface area contributed by atoms with Gasteiger partial charge in [0, 0.05) is 0 Å². The standard InChI is InChI=1S/C10H18N2O2.C8H18O4S/c1-4-7-14-10(13)8-12(3)6-5-11(2)9-12;1-2-3-4-5-6-7-8-12-13(9,10)11/h5-6,9H,4,7-8H2,1-3H3;2-8H2,1H3,(H,9,10,11)/q+2;. The van der Waals surface area contributed by atoms with Gasteiger partial charge >= 0.3 is 22.7 Å². The fraction of sp³-hybridized carbons (Fsp3) is 0.778. The van der Waals surface area contributed by atoms with Crippen molar-refractivity contribution >= 4 is 22.7 Å². The molecule has 0 radical (unpaired) electrons. The molecule has 0 bridgehead atoms. The van der Waals surface area contributed by atoms with Crippen molar-refractivity contribution in [1.82, 2.24) is 0 Å². The molecule has 0 aromatic carbocycles. The van der Waals surface area contributed by atoms with Gasteiger partial charge in [0.05, 0.1) is 20.3 Å². The summed E-state index contributed by atoms with van der Waals surface area (Å²) in [6.07, 6.45) is 13.1. The molecule has 1 atom stereocenters. The van der Waals surface area contributed by atoms with E-state index in [9.17, 15) is 13.2 Å². The minimum atomic E-state index is -4.22. The zero-order valence-electron chi connectivity index (χ0n) is 17.1. The molecular formula is C18H36N2O6S+2. The molecule has 0 saturated heterocycles. The molecule has 0 aromatic rings. The lowest BCUT2D eigenvalue weighted by Gasteiger charge is -2.16. The summed E-state index contributed by atoms with van der Waals surface area (Å²) in [5.74, 6) is -0.148. The molecule has 9 heteroatoms. The molecule has 1 N–H and O–H groups in total. The van der Waals surface area contributed by atoms with Crippen molar-refractivity contribution in [2.24, 2.45) is 0 Å². The number of ether oxygens (including phenoxy) is 1. The van der Waals surface area contributed by atoms with Crippen molar-refractivity contribution in [2.75, 3.05) is 33.9 Å². The zero-order valence-corrected chi connectivity index (χ0v) is 17.9. The van der Waals surface area contributed by atoms with Gasteiger partial charge in [0.2, 0.25) is 6.20 Å². The maximum absolute atomic E-state index is 11.4. The Labute approximate surface area is 164 Å². The molecule has 0 spiro atoms. The molecule has 0 saturated carbocycles. The molecule has 1 aliphatic heterocycles. The van der Waals surface area contributed by atoms with E-state index in [4.69, 9.17) is 9.29 Å². The quantitative estimate of drug-likeness (QED) is 0.175. The van der Waals surface area contributed by atoms with Crippen LogP contribution >= 0.6 is 0 Å². The van der Waals surface area contributed by atoms with Crippen LogP contribution in [0, 0.1) is 0 Å². The van der Waals surface area contributed by atoms with Crippen molar-refractivity contribution in [2.45, 2.75) is 58.8 Å². The molecule has 27 heavy (non-hydrogen) atoms. The third-order valence-electron chi connectivity index (χ3n) is 3.76. The second kappa shape index (κ2) is 13.8. The summed E-state index contributed by atoms with van der Waals surface area (Å²) < 4.78 is 40.0. The van der Waals surface area contributed by atoms with Gasteiger partial charge in [-0.1, -0.05) is 46.0 Å². The van der Waals surface area contributed by atoms with Crippen molar-refractivity contribution < 1.29 is 35.7 Å². The number of carbonyl (C=O) groups excluding carboxylic acids is 1. The van der Waals surface area contributed by atoms with E-state index < -0.39 is 10.4 Å². The predicted molar refractivity (Wildman–Crippen MR) is 105 cm³/mol. The van der Waals surface area contributed by atoms with Gasteiger partial charge in [0.25, 0.3) is 0 Å². The summed E-state index contributed by atoms with van der Waals surface area (Å²) >= 11 is 0. The Hall–Kier alpha value is -1.29. The van der Waals surface area contributed by atoms with Crippen LogP contribution in [-0.4, -0.2) is 68.2 Å². The average Bonchev–Trinajstić information content (AvgIpc) is 2.90. The highest BCUT2D eigenvalue weighted by atomic mass is 32.3. The van der Waals surface area contributed by atoms with Crippen LogP contribution in [0.2, 0.25) is 0 Å². The highest BCUT2D eigenvalue weighted by molar-refractivity contribution is 7.80. The number of likely N-dealkylation sites (N-methyl/N-ethyl adjacent to an activating group) is 1. The van der Waals surface area contributed by atoms with E-state index in [1.165, 1.54) is 19.3 Å². The van der Waals surface area contributed by atoms with E-state index in [0.29, 0.717) is 24.1 Å². The number of unbranched alkanes of at least 4 members (excludes halogenated alkanes) is 5. The Morgan fingerprint density at radius 2 is 1.70 bits per heavy atom. The average molecular weight is 409 g/mol. The molecule has 1 rings (SSSR count). The molecule has 0 fully saturated rings. The number of carbonyl (C=O) groups is 1. The number of rotatable bonds is 12. The molecule has 8 nitrogen and oxygen atoms in total. The Morgan fingerprint density at radius 1 is 1.07 bits per heavy atom. The van der Waals surface area contributed by atoms with E-state index in [1.54, 1.807) is 0 Å². The van der Waals surface area contributed by atoms with Crippen molar-refractivity contribution in [1.29, 1.82) is 0 Å². The fourth-order valence-corrected chi connectivity index (χ4v) is 2.76. The lowest BCUT2D eigenvalue weighted by Crippen LogP contribution is -2.41. The van der Waals surface area contributed by atoms with Gasteiger partial charge in [-0.3, -0.25) is 4.55 Å². The number of nitrogens with zero attached hydrogens (tertiary/aromatic N) is 2. The SMILES string of the molecule is CCCCCCCCOS(=O)(=O)O.CCCOC(=O)C[N+]1(C)C=C[N+](C)=C1. The Bertz CT molecular complexity index is 589. The van der Waals surface area contributed by atoms with E-state index in [2.05, 4.69) is 11.1 Å². The number of esters is 1. The summed E-state index contributed by atoms with van der Waals surface area (Å²) in [5.41, 5.74) is 0. The van der Waals surface area contributed by atoms with Gasteiger partial charge < -0.3 is 4.74 Å². The molecule has 0 aromatic heterocycles. The van der Waals surface area contributed by atoms with Crippen LogP contribution in [0.4, 0.5) is 0 Å². The van der Waals surface area contributed by atoms with Crippen molar-refractivity contribution in [3.63, 3.8) is 0 Å². The first-order chi connectivity index (χ1) is 12.6. The third-order valence-corrected chi connectivity index (χ3v) is 4.22. The van der Waals surface area contributed by atoms with Crippen molar-refractivity contribution in [3.8, 4) is 0 Å². The summed E-state index contributed by atoms with van der Waals surface area (Å²) in [6.45, 7) is 5.09. The molecule has 0 aliphatic carbocycles. The van der Waals surface area contributed by atoms with Gasteiger partial charge in [0.15, 0.2) is 12.7 Å². The number of hydrogen-bond acceptors (Lipinski definition) is 5. The van der Waals surface area contributed by atoms with E-state index in [-0.39, 0.29) is 12.6 Å². The van der Waals surface area contributed by atoms with Gasteiger partial charge in [-0.25, -0.2) is 13.5 Å². The summed E-state index contributed by atoms with van der Waals surface area (Å²) in [7, 11) is -0.314. The third kappa shape index (κ3) is 15.5. The topological polar surface area (TPSA) is 92.9 Å². The predicted octanol–water partition coefficient (Wildman–Crippen LogP) is 2.71.